The van der Waals surface area contributed by atoms with Gasteiger partial charge in [0.15, 0.2) is 0 Å². The van der Waals surface area contributed by atoms with Crippen LogP contribution in [0.1, 0.15) is 49.3 Å². The highest BCUT2D eigenvalue weighted by atomic mass is 16.2. The molecule has 0 atom stereocenters. The molecule has 24 heavy (non-hydrogen) atoms. The predicted molar refractivity (Wildman–Crippen MR) is 91.6 cm³/mol. The minimum absolute atomic E-state index is 0.157. The summed E-state index contributed by atoms with van der Waals surface area (Å²) in [4.78, 5) is 12.6. The minimum atomic E-state index is -0.289. The standard InChI is InChI=1S/C19H24N4O/c24-18(19(11-12-19)15-7-3-1-4-8-15)20-13-10-17-22-21-16-9-5-2-6-14-23(16)17/h1,3-4,7-8H,2,5-6,9-14H2,(H,20,24). The fourth-order valence-electron chi connectivity index (χ4n) is 3.72. The number of aryl methyl sites for hydroxylation is 1. The van der Waals surface area contributed by atoms with E-state index in [1.807, 2.05) is 18.2 Å². The molecule has 1 saturated carbocycles. The Morgan fingerprint density at radius 2 is 1.96 bits per heavy atom. The maximum atomic E-state index is 12.6. The summed E-state index contributed by atoms with van der Waals surface area (Å²) in [5.41, 5.74) is 0.849. The van der Waals surface area contributed by atoms with Crippen molar-refractivity contribution in [2.24, 2.45) is 0 Å². The first-order valence-corrected chi connectivity index (χ1v) is 9.04. The van der Waals surface area contributed by atoms with Gasteiger partial charge in [0.05, 0.1) is 5.41 Å². The molecule has 1 aliphatic heterocycles. The van der Waals surface area contributed by atoms with E-state index in [9.17, 15) is 4.79 Å². The zero-order chi connectivity index (χ0) is 16.4. The molecule has 0 saturated heterocycles. The molecule has 1 amide bonds. The average Bonchev–Trinajstić information content (AvgIpc) is 3.39. The maximum Gasteiger partial charge on any atom is 0.230 e. The molecule has 2 aromatic rings. The predicted octanol–water partition coefficient (Wildman–Crippen LogP) is 2.39. The number of aromatic nitrogens is 3. The van der Waals surface area contributed by atoms with Crippen molar-refractivity contribution in [1.29, 1.82) is 0 Å². The van der Waals surface area contributed by atoms with Crippen LogP contribution in [0, 0.1) is 0 Å². The lowest BCUT2D eigenvalue weighted by atomic mass is 9.95. The van der Waals surface area contributed by atoms with E-state index in [0.29, 0.717) is 6.54 Å². The third-order valence-electron chi connectivity index (χ3n) is 5.33. The number of carbonyl (C=O) groups excluding carboxylic acids is 1. The fourth-order valence-corrected chi connectivity index (χ4v) is 3.72. The maximum absolute atomic E-state index is 12.6. The van der Waals surface area contributed by atoms with E-state index in [0.717, 1.165) is 49.4 Å². The molecular formula is C19H24N4O. The van der Waals surface area contributed by atoms with Crippen molar-refractivity contribution in [3.63, 3.8) is 0 Å². The molecule has 2 aliphatic rings. The first kappa shape index (κ1) is 15.4. The summed E-state index contributed by atoms with van der Waals surface area (Å²) < 4.78 is 2.25. The molecule has 2 heterocycles. The molecule has 0 bridgehead atoms. The molecule has 1 aromatic carbocycles. The van der Waals surface area contributed by atoms with Gasteiger partial charge < -0.3 is 9.88 Å². The Kier molecular flexibility index (Phi) is 4.08. The Morgan fingerprint density at radius 3 is 2.75 bits per heavy atom. The van der Waals surface area contributed by atoms with Gasteiger partial charge in [-0.05, 0) is 31.2 Å². The van der Waals surface area contributed by atoms with Crippen LogP contribution in [0.4, 0.5) is 0 Å². The van der Waals surface area contributed by atoms with E-state index in [-0.39, 0.29) is 11.3 Å². The second kappa shape index (κ2) is 6.38. The number of benzene rings is 1. The number of hydrogen-bond donors (Lipinski definition) is 1. The van der Waals surface area contributed by atoms with Gasteiger partial charge in [-0.1, -0.05) is 36.8 Å². The Hall–Kier alpha value is -2.17. The Bertz CT molecular complexity index is 718. The van der Waals surface area contributed by atoms with Crippen molar-refractivity contribution in [2.75, 3.05) is 6.54 Å². The number of amides is 1. The summed E-state index contributed by atoms with van der Waals surface area (Å²) in [6.45, 7) is 1.64. The molecule has 5 heteroatoms. The largest absolute Gasteiger partial charge is 0.355 e. The molecule has 0 spiro atoms. The van der Waals surface area contributed by atoms with Crippen LogP contribution in [0.3, 0.4) is 0 Å². The lowest BCUT2D eigenvalue weighted by molar-refractivity contribution is -0.123. The van der Waals surface area contributed by atoms with E-state index < -0.39 is 0 Å². The van der Waals surface area contributed by atoms with Crippen LogP contribution >= 0.6 is 0 Å². The highest BCUT2D eigenvalue weighted by Crippen LogP contribution is 2.48. The lowest BCUT2D eigenvalue weighted by Gasteiger charge is -2.15. The first-order valence-electron chi connectivity index (χ1n) is 9.04. The zero-order valence-electron chi connectivity index (χ0n) is 14.0. The number of carbonyl (C=O) groups is 1. The van der Waals surface area contributed by atoms with E-state index in [1.54, 1.807) is 0 Å². The zero-order valence-corrected chi connectivity index (χ0v) is 14.0. The van der Waals surface area contributed by atoms with Gasteiger partial charge in [-0.2, -0.15) is 0 Å². The van der Waals surface area contributed by atoms with E-state index in [4.69, 9.17) is 0 Å². The van der Waals surface area contributed by atoms with Gasteiger partial charge in [-0.3, -0.25) is 4.79 Å². The second-order valence-electron chi connectivity index (χ2n) is 6.95. The Morgan fingerprint density at radius 1 is 1.12 bits per heavy atom. The lowest BCUT2D eigenvalue weighted by Crippen LogP contribution is -2.36. The summed E-state index contributed by atoms with van der Waals surface area (Å²) in [5, 5.41) is 11.8. The molecule has 1 aliphatic carbocycles. The number of nitrogens with zero attached hydrogens (tertiary/aromatic N) is 3. The highest BCUT2D eigenvalue weighted by molar-refractivity contribution is 5.91. The Labute approximate surface area is 142 Å². The monoisotopic (exact) mass is 324 g/mol. The summed E-state index contributed by atoms with van der Waals surface area (Å²) in [7, 11) is 0. The van der Waals surface area contributed by atoms with E-state index in [2.05, 4.69) is 32.2 Å². The van der Waals surface area contributed by atoms with Crippen molar-refractivity contribution < 1.29 is 4.79 Å². The molecule has 126 valence electrons. The third kappa shape index (κ3) is 2.83. The van der Waals surface area contributed by atoms with Gasteiger partial charge >= 0.3 is 0 Å². The molecular weight excluding hydrogens is 300 g/mol. The number of nitrogens with one attached hydrogen (secondary N) is 1. The fraction of sp³-hybridized carbons (Fsp3) is 0.526. The number of hydrogen-bond acceptors (Lipinski definition) is 3. The van der Waals surface area contributed by atoms with E-state index in [1.165, 1.54) is 19.3 Å². The molecule has 1 fully saturated rings. The van der Waals surface area contributed by atoms with Crippen LogP contribution in [0.5, 0.6) is 0 Å². The molecule has 0 radical (unpaired) electrons. The second-order valence-corrected chi connectivity index (χ2v) is 6.95. The molecule has 1 N–H and O–H groups in total. The summed E-state index contributed by atoms with van der Waals surface area (Å²) in [6, 6.07) is 10.1. The quantitative estimate of drug-likeness (QED) is 0.919. The molecule has 4 rings (SSSR count). The molecule has 5 nitrogen and oxygen atoms in total. The Balaban J connectivity index is 1.37. The van der Waals surface area contributed by atoms with Gasteiger partial charge in [0, 0.05) is 25.9 Å². The summed E-state index contributed by atoms with van der Waals surface area (Å²) in [5.74, 6) is 2.28. The summed E-state index contributed by atoms with van der Waals surface area (Å²) in [6.07, 6.45) is 7.33. The van der Waals surface area contributed by atoms with Crippen molar-refractivity contribution >= 4 is 5.91 Å². The van der Waals surface area contributed by atoms with E-state index >= 15 is 0 Å². The van der Waals surface area contributed by atoms with Gasteiger partial charge in [-0.25, -0.2) is 0 Å². The van der Waals surface area contributed by atoms with Crippen LogP contribution in [0.2, 0.25) is 0 Å². The van der Waals surface area contributed by atoms with Crippen molar-refractivity contribution in [3.05, 3.63) is 47.5 Å². The third-order valence-corrected chi connectivity index (χ3v) is 5.33. The molecule has 1 aromatic heterocycles. The minimum Gasteiger partial charge on any atom is -0.355 e. The van der Waals surface area contributed by atoms with Crippen LogP contribution in [-0.2, 0) is 29.6 Å². The van der Waals surface area contributed by atoms with Crippen LogP contribution in [-0.4, -0.2) is 27.2 Å². The highest BCUT2D eigenvalue weighted by Gasteiger charge is 2.50. The average molecular weight is 324 g/mol. The van der Waals surface area contributed by atoms with Gasteiger partial charge in [0.2, 0.25) is 5.91 Å². The van der Waals surface area contributed by atoms with Gasteiger partial charge in [-0.15, -0.1) is 10.2 Å². The van der Waals surface area contributed by atoms with Crippen LogP contribution in [0.15, 0.2) is 30.3 Å². The smallest absolute Gasteiger partial charge is 0.230 e. The number of rotatable bonds is 5. The summed E-state index contributed by atoms with van der Waals surface area (Å²) >= 11 is 0. The van der Waals surface area contributed by atoms with Gasteiger partial charge in [0.25, 0.3) is 0 Å². The van der Waals surface area contributed by atoms with Crippen LogP contribution in [0.25, 0.3) is 0 Å². The van der Waals surface area contributed by atoms with Crippen molar-refractivity contribution in [2.45, 2.75) is 56.9 Å². The van der Waals surface area contributed by atoms with Crippen LogP contribution < -0.4 is 5.32 Å². The molecule has 0 unspecified atom stereocenters. The SMILES string of the molecule is O=C(NCCc1nnc2n1CCCCC2)C1(c2ccccc2)CC1. The van der Waals surface area contributed by atoms with Crippen molar-refractivity contribution in [3.8, 4) is 0 Å². The van der Waals surface area contributed by atoms with Gasteiger partial charge in [0.1, 0.15) is 11.6 Å². The normalized spacial score (nSPS) is 18.5. The topological polar surface area (TPSA) is 59.8 Å². The van der Waals surface area contributed by atoms with Crippen molar-refractivity contribution in [1.82, 2.24) is 20.1 Å². The number of fused-ring (bicyclic) bond motifs is 1. The first-order chi connectivity index (χ1) is 11.8.